The Kier molecular flexibility index (Phi) is 7.85. The number of amides is 2. The molecule has 1 saturated heterocycles. The predicted molar refractivity (Wildman–Crippen MR) is 140 cm³/mol. The van der Waals surface area contributed by atoms with Gasteiger partial charge in [0, 0.05) is 55.8 Å². The Morgan fingerprint density at radius 1 is 0.909 bits per heavy atom. The van der Waals surface area contributed by atoms with E-state index < -0.39 is 10.8 Å². The van der Waals surface area contributed by atoms with Crippen molar-refractivity contribution in [1.82, 2.24) is 4.90 Å². The highest BCUT2D eigenvalue weighted by Crippen LogP contribution is 2.21. The van der Waals surface area contributed by atoms with Crippen LogP contribution in [0.1, 0.15) is 5.56 Å². The Balaban J connectivity index is 1.36. The van der Waals surface area contributed by atoms with Crippen LogP contribution in [0.2, 0.25) is 0 Å². The highest BCUT2D eigenvalue weighted by molar-refractivity contribution is 9.10. The van der Waals surface area contributed by atoms with E-state index in [0.29, 0.717) is 27.0 Å². The summed E-state index contributed by atoms with van der Waals surface area (Å²) in [5.74, 6) is 2.53. The van der Waals surface area contributed by atoms with Crippen LogP contribution >= 0.6 is 27.7 Å². The van der Waals surface area contributed by atoms with Gasteiger partial charge in [-0.05, 0) is 60.7 Å². The summed E-state index contributed by atoms with van der Waals surface area (Å²) in [5.41, 5.74) is 1.99. The van der Waals surface area contributed by atoms with E-state index in [1.807, 2.05) is 54.2 Å². The zero-order valence-corrected chi connectivity index (χ0v) is 20.9. The minimum Gasteiger partial charge on any atom is -0.355 e. The summed E-state index contributed by atoms with van der Waals surface area (Å²) in [6, 6.07) is 21.2. The normalized spacial score (nSPS) is 14.4. The molecule has 1 fully saturated rings. The number of nitrogens with zero attached hydrogens (tertiary/aromatic N) is 1. The van der Waals surface area contributed by atoms with E-state index in [1.165, 1.54) is 0 Å². The molecule has 3 N–H and O–H groups in total. The molecule has 0 aromatic heterocycles. The van der Waals surface area contributed by atoms with Crippen molar-refractivity contribution >= 4 is 61.7 Å². The minimum absolute atomic E-state index is 0.380. The van der Waals surface area contributed by atoms with Gasteiger partial charge in [0.2, 0.25) is 0 Å². The standard InChI is InChI=1S/C24H23BrN4O2S2/c25-18-4-8-21(9-5-18)33(31)22-10-6-19(7-11-22)27-24(30)28-20-3-1-2-17(16-20)23(26)29-12-14-32-15-13-29/h1-11,16,26H,12-15H2,(H2,27,28,30). The molecule has 1 unspecified atom stereocenters. The number of benzene rings is 3. The molecule has 3 aromatic rings. The molecule has 2 amide bonds. The number of hydrogen-bond acceptors (Lipinski definition) is 4. The Bertz CT molecular complexity index is 1160. The first-order valence-electron chi connectivity index (χ1n) is 10.4. The average molecular weight is 544 g/mol. The van der Waals surface area contributed by atoms with E-state index in [9.17, 15) is 9.00 Å². The maximum atomic E-state index is 12.7. The Morgan fingerprint density at radius 3 is 2.18 bits per heavy atom. The number of urea groups is 1. The molecule has 9 heteroatoms. The maximum Gasteiger partial charge on any atom is 0.323 e. The number of nitrogens with one attached hydrogen (secondary N) is 3. The van der Waals surface area contributed by atoms with Gasteiger partial charge in [-0.1, -0.05) is 28.1 Å². The second-order valence-electron chi connectivity index (χ2n) is 7.35. The van der Waals surface area contributed by atoms with Crippen LogP contribution in [-0.2, 0) is 10.8 Å². The number of rotatable bonds is 5. The molecule has 0 aliphatic carbocycles. The lowest BCUT2D eigenvalue weighted by Crippen LogP contribution is -2.37. The van der Waals surface area contributed by atoms with Crippen LogP contribution in [-0.4, -0.2) is 45.6 Å². The molecule has 1 aliphatic heterocycles. The van der Waals surface area contributed by atoms with Gasteiger partial charge < -0.3 is 15.5 Å². The van der Waals surface area contributed by atoms with Gasteiger partial charge in [-0.3, -0.25) is 5.41 Å². The predicted octanol–water partition coefficient (Wildman–Crippen LogP) is 5.63. The third-order valence-corrected chi connectivity index (χ3v) is 7.95. The van der Waals surface area contributed by atoms with E-state index in [0.717, 1.165) is 34.6 Å². The molecule has 4 rings (SSSR count). The van der Waals surface area contributed by atoms with Crippen LogP contribution < -0.4 is 10.6 Å². The van der Waals surface area contributed by atoms with Crippen molar-refractivity contribution in [2.24, 2.45) is 0 Å². The van der Waals surface area contributed by atoms with Gasteiger partial charge in [0.05, 0.1) is 10.8 Å². The first kappa shape index (κ1) is 23.5. The molecule has 170 valence electrons. The molecule has 1 atom stereocenters. The van der Waals surface area contributed by atoms with Crippen LogP contribution in [0.4, 0.5) is 16.2 Å². The molecule has 0 radical (unpaired) electrons. The summed E-state index contributed by atoms with van der Waals surface area (Å²) in [4.78, 5) is 15.9. The van der Waals surface area contributed by atoms with Gasteiger partial charge in [0.25, 0.3) is 0 Å². The average Bonchev–Trinajstić information content (AvgIpc) is 2.85. The fourth-order valence-electron chi connectivity index (χ4n) is 3.36. The maximum absolute atomic E-state index is 12.7. The number of carbonyl (C=O) groups excluding carboxylic acids is 1. The zero-order valence-electron chi connectivity index (χ0n) is 17.7. The largest absolute Gasteiger partial charge is 0.355 e. The summed E-state index contributed by atoms with van der Waals surface area (Å²) >= 11 is 5.28. The van der Waals surface area contributed by atoms with E-state index in [1.54, 1.807) is 30.3 Å². The van der Waals surface area contributed by atoms with Crippen LogP contribution in [0.15, 0.2) is 87.1 Å². The van der Waals surface area contributed by atoms with Gasteiger partial charge in [-0.15, -0.1) is 0 Å². The molecule has 6 nitrogen and oxygen atoms in total. The number of thioether (sulfide) groups is 1. The summed E-state index contributed by atoms with van der Waals surface area (Å²) < 4.78 is 13.6. The lowest BCUT2D eigenvalue weighted by Gasteiger charge is -2.28. The Morgan fingerprint density at radius 2 is 1.52 bits per heavy atom. The number of amidine groups is 1. The monoisotopic (exact) mass is 542 g/mol. The van der Waals surface area contributed by atoms with Gasteiger partial charge in [0.1, 0.15) is 5.84 Å². The molecule has 0 bridgehead atoms. The number of hydrogen-bond donors (Lipinski definition) is 3. The van der Waals surface area contributed by atoms with Crippen molar-refractivity contribution < 1.29 is 9.00 Å². The first-order chi connectivity index (χ1) is 16.0. The molecule has 0 saturated carbocycles. The molecule has 1 aliphatic rings. The second-order valence-corrected chi connectivity index (χ2v) is 11.0. The highest BCUT2D eigenvalue weighted by atomic mass is 79.9. The molecule has 33 heavy (non-hydrogen) atoms. The molecule has 3 aromatic carbocycles. The lowest BCUT2D eigenvalue weighted by molar-refractivity contribution is 0.262. The van der Waals surface area contributed by atoms with Gasteiger partial charge >= 0.3 is 6.03 Å². The van der Waals surface area contributed by atoms with E-state index >= 15 is 0 Å². The smallest absolute Gasteiger partial charge is 0.323 e. The van der Waals surface area contributed by atoms with Gasteiger partial charge in [-0.25, -0.2) is 9.00 Å². The summed E-state index contributed by atoms with van der Waals surface area (Å²) in [6.45, 7) is 1.73. The van der Waals surface area contributed by atoms with Crippen molar-refractivity contribution in [3.8, 4) is 0 Å². The first-order valence-corrected chi connectivity index (χ1v) is 13.5. The topological polar surface area (TPSA) is 85.3 Å². The van der Waals surface area contributed by atoms with Crippen molar-refractivity contribution in [1.29, 1.82) is 5.41 Å². The molecular weight excluding hydrogens is 520 g/mol. The zero-order chi connectivity index (χ0) is 23.2. The fourth-order valence-corrected chi connectivity index (χ4v) is 5.57. The summed E-state index contributed by atoms with van der Waals surface area (Å²) in [5, 5.41) is 14.1. The minimum atomic E-state index is -1.29. The molecule has 0 spiro atoms. The fraction of sp³-hybridized carbons (Fsp3) is 0.167. The van der Waals surface area contributed by atoms with E-state index in [2.05, 4.69) is 31.5 Å². The third kappa shape index (κ3) is 6.25. The number of halogens is 1. The Labute approximate surface area is 208 Å². The van der Waals surface area contributed by atoms with Crippen molar-refractivity contribution in [3.05, 3.63) is 82.8 Å². The lowest BCUT2D eigenvalue weighted by atomic mass is 10.1. The molecule has 1 heterocycles. The third-order valence-electron chi connectivity index (χ3n) is 5.08. The number of carbonyl (C=O) groups is 1. The van der Waals surface area contributed by atoms with Crippen LogP contribution in [0.3, 0.4) is 0 Å². The quantitative estimate of drug-likeness (QED) is 0.288. The van der Waals surface area contributed by atoms with E-state index in [4.69, 9.17) is 5.41 Å². The highest BCUT2D eigenvalue weighted by Gasteiger charge is 2.16. The molecular formula is C24H23BrN4O2S2. The summed E-state index contributed by atoms with van der Waals surface area (Å²) in [7, 11) is -1.29. The van der Waals surface area contributed by atoms with Gasteiger partial charge in [-0.2, -0.15) is 11.8 Å². The van der Waals surface area contributed by atoms with Crippen LogP contribution in [0, 0.1) is 5.41 Å². The van der Waals surface area contributed by atoms with Crippen molar-refractivity contribution in [2.75, 3.05) is 35.2 Å². The van der Waals surface area contributed by atoms with E-state index in [-0.39, 0.29) is 6.03 Å². The van der Waals surface area contributed by atoms with Crippen molar-refractivity contribution in [3.63, 3.8) is 0 Å². The van der Waals surface area contributed by atoms with Crippen molar-refractivity contribution in [2.45, 2.75) is 9.79 Å². The van der Waals surface area contributed by atoms with Gasteiger partial charge in [0.15, 0.2) is 0 Å². The van der Waals surface area contributed by atoms with Crippen LogP contribution in [0.25, 0.3) is 0 Å². The SMILES string of the molecule is N=C(c1cccc(NC(=O)Nc2ccc(S(=O)c3ccc(Br)cc3)cc2)c1)N1CCSCC1. The van der Waals surface area contributed by atoms with Crippen LogP contribution in [0.5, 0.6) is 0 Å². The number of anilines is 2. The Hall–Kier alpha value is -2.62. The second kappa shape index (κ2) is 11.0. The summed E-state index contributed by atoms with van der Waals surface area (Å²) in [6.07, 6.45) is 0.